The van der Waals surface area contributed by atoms with E-state index in [0.29, 0.717) is 52.8 Å². The molecule has 1 amide bonds. The molecule has 1 aliphatic carbocycles. The SMILES string of the molecule is CN(C)CCOCCOCCOCCN(C)C(=O)OCC1c2ccccc2-c2ccccc21. The molecule has 0 aliphatic heterocycles. The average molecular weight is 457 g/mol. The molecule has 0 bridgehead atoms. The molecule has 33 heavy (non-hydrogen) atoms. The molecule has 180 valence electrons. The Morgan fingerprint density at radius 3 is 1.76 bits per heavy atom. The van der Waals surface area contributed by atoms with Crippen LogP contribution in [0, 0.1) is 0 Å². The molecule has 2 aromatic rings. The highest BCUT2D eigenvalue weighted by atomic mass is 16.6. The number of benzene rings is 2. The van der Waals surface area contributed by atoms with E-state index < -0.39 is 0 Å². The zero-order valence-electron chi connectivity index (χ0n) is 20.0. The topological polar surface area (TPSA) is 60.5 Å². The summed E-state index contributed by atoms with van der Waals surface area (Å²) in [5.74, 6) is 0.0648. The zero-order chi connectivity index (χ0) is 23.5. The number of hydrogen-bond acceptors (Lipinski definition) is 6. The zero-order valence-corrected chi connectivity index (χ0v) is 20.0. The first kappa shape index (κ1) is 25.2. The molecule has 0 saturated heterocycles. The molecule has 7 heteroatoms. The summed E-state index contributed by atoms with van der Waals surface area (Å²) in [5, 5.41) is 0. The Balaban J connectivity index is 1.29. The fourth-order valence-electron chi connectivity index (χ4n) is 3.79. The number of hydrogen-bond donors (Lipinski definition) is 0. The van der Waals surface area contributed by atoms with Gasteiger partial charge in [-0.15, -0.1) is 0 Å². The van der Waals surface area contributed by atoms with Gasteiger partial charge in [0.1, 0.15) is 6.61 Å². The second kappa shape index (κ2) is 13.3. The normalized spacial score (nSPS) is 12.6. The summed E-state index contributed by atoms with van der Waals surface area (Å²) >= 11 is 0. The van der Waals surface area contributed by atoms with Crippen molar-refractivity contribution in [1.82, 2.24) is 9.80 Å². The Kier molecular flexibility index (Phi) is 10.2. The summed E-state index contributed by atoms with van der Waals surface area (Å²) in [5.41, 5.74) is 4.86. The first-order chi connectivity index (χ1) is 16.1. The highest BCUT2D eigenvalue weighted by molar-refractivity contribution is 5.79. The summed E-state index contributed by atoms with van der Waals surface area (Å²) in [6, 6.07) is 16.6. The van der Waals surface area contributed by atoms with Gasteiger partial charge in [0, 0.05) is 26.1 Å². The Hall–Kier alpha value is -2.45. The third-order valence-corrected chi connectivity index (χ3v) is 5.65. The highest BCUT2D eigenvalue weighted by Crippen LogP contribution is 2.44. The minimum absolute atomic E-state index is 0.0648. The van der Waals surface area contributed by atoms with Crippen molar-refractivity contribution in [2.24, 2.45) is 0 Å². The molecule has 0 atom stereocenters. The van der Waals surface area contributed by atoms with Crippen molar-refractivity contribution in [1.29, 1.82) is 0 Å². The second-order valence-corrected chi connectivity index (χ2v) is 8.37. The Morgan fingerprint density at radius 1 is 0.727 bits per heavy atom. The van der Waals surface area contributed by atoms with Gasteiger partial charge in [0.2, 0.25) is 0 Å². The van der Waals surface area contributed by atoms with Crippen molar-refractivity contribution >= 4 is 6.09 Å². The van der Waals surface area contributed by atoms with Gasteiger partial charge in [-0.1, -0.05) is 48.5 Å². The van der Waals surface area contributed by atoms with Crippen LogP contribution in [0.3, 0.4) is 0 Å². The van der Waals surface area contributed by atoms with Crippen LogP contribution in [0.1, 0.15) is 17.0 Å². The Morgan fingerprint density at radius 2 is 1.21 bits per heavy atom. The van der Waals surface area contributed by atoms with Gasteiger partial charge in [0.05, 0.1) is 39.6 Å². The van der Waals surface area contributed by atoms with Crippen LogP contribution in [0.2, 0.25) is 0 Å². The number of likely N-dealkylation sites (N-methyl/N-ethyl adjacent to an activating group) is 2. The van der Waals surface area contributed by atoms with Crippen LogP contribution in [0.25, 0.3) is 11.1 Å². The van der Waals surface area contributed by atoms with E-state index in [4.69, 9.17) is 18.9 Å². The first-order valence-electron chi connectivity index (χ1n) is 11.5. The van der Waals surface area contributed by atoms with Crippen LogP contribution in [0.15, 0.2) is 48.5 Å². The molecule has 1 aliphatic rings. The summed E-state index contributed by atoms with van der Waals surface area (Å²) in [6.07, 6.45) is -0.341. The molecule has 0 unspecified atom stereocenters. The lowest BCUT2D eigenvalue weighted by molar-refractivity contribution is 0.00919. The minimum atomic E-state index is -0.341. The van der Waals surface area contributed by atoms with Crippen LogP contribution in [-0.4, -0.2) is 96.4 Å². The third-order valence-electron chi connectivity index (χ3n) is 5.65. The summed E-state index contributed by atoms with van der Waals surface area (Å²) in [4.78, 5) is 16.1. The molecule has 0 heterocycles. The van der Waals surface area contributed by atoms with Crippen molar-refractivity contribution in [3.05, 3.63) is 59.7 Å². The molecule has 0 spiro atoms. The fourth-order valence-corrected chi connectivity index (χ4v) is 3.79. The molecule has 0 N–H and O–H groups in total. The van der Waals surface area contributed by atoms with Crippen molar-refractivity contribution in [3.8, 4) is 11.1 Å². The lowest BCUT2D eigenvalue weighted by Crippen LogP contribution is -2.32. The van der Waals surface area contributed by atoms with Crippen molar-refractivity contribution in [2.75, 3.05) is 80.5 Å². The van der Waals surface area contributed by atoms with E-state index in [1.54, 1.807) is 11.9 Å². The van der Waals surface area contributed by atoms with E-state index in [9.17, 15) is 4.79 Å². The van der Waals surface area contributed by atoms with E-state index in [1.807, 2.05) is 38.4 Å². The number of rotatable bonds is 14. The van der Waals surface area contributed by atoms with Gasteiger partial charge < -0.3 is 28.7 Å². The number of amides is 1. The standard InChI is InChI=1S/C26H36N2O5/c1-27(2)12-14-30-16-18-32-19-17-31-15-13-28(3)26(29)33-20-25-23-10-6-4-8-21(23)22-9-5-7-11-24(22)25/h4-11,25H,12-20H2,1-3H3. The van der Waals surface area contributed by atoms with Gasteiger partial charge in [0.25, 0.3) is 0 Å². The van der Waals surface area contributed by atoms with Crippen molar-refractivity contribution < 1.29 is 23.7 Å². The monoisotopic (exact) mass is 456 g/mol. The van der Waals surface area contributed by atoms with Gasteiger partial charge in [-0.2, -0.15) is 0 Å². The maximum absolute atomic E-state index is 12.5. The van der Waals surface area contributed by atoms with Crippen LogP contribution in [0.5, 0.6) is 0 Å². The predicted molar refractivity (Wildman–Crippen MR) is 129 cm³/mol. The third kappa shape index (κ3) is 7.54. The molecule has 0 aromatic heterocycles. The summed E-state index contributed by atoms with van der Waals surface area (Å²) in [7, 11) is 5.76. The van der Waals surface area contributed by atoms with Gasteiger partial charge >= 0.3 is 6.09 Å². The van der Waals surface area contributed by atoms with Crippen molar-refractivity contribution in [3.63, 3.8) is 0 Å². The minimum Gasteiger partial charge on any atom is -0.448 e. The van der Waals surface area contributed by atoms with E-state index in [0.717, 1.165) is 6.54 Å². The largest absolute Gasteiger partial charge is 0.448 e. The van der Waals surface area contributed by atoms with Gasteiger partial charge in [-0.05, 0) is 36.3 Å². The second-order valence-electron chi connectivity index (χ2n) is 8.37. The molecule has 0 fully saturated rings. The number of ether oxygens (including phenoxy) is 4. The maximum atomic E-state index is 12.5. The maximum Gasteiger partial charge on any atom is 0.409 e. The van der Waals surface area contributed by atoms with Crippen LogP contribution >= 0.6 is 0 Å². The number of nitrogens with zero attached hydrogens (tertiary/aromatic N) is 2. The Bertz CT molecular complexity index is 828. The molecular formula is C26H36N2O5. The first-order valence-corrected chi connectivity index (χ1v) is 11.5. The summed E-state index contributed by atoms with van der Waals surface area (Å²) in [6.45, 7) is 4.95. The molecular weight excluding hydrogens is 420 g/mol. The molecule has 7 nitrogen and oxygen atoms in total. The number of carbonyl (C=O) groups excluding carboxylic acids is 1. The lowest BCUT2D eigenvalue weighted by Gasteiger charge is -2.19. The lowest BCUT2D eigenvalue weighted by atomic mass is 9.98. The van der Waals surface area contributed by atoms with E-state index in [2.05, 4.69) is 29.2 Å². The predicted octanol–water partition coefficient (Wildman–Crippen LogP) is 3.48. The smallest absolute Gasteiger partial charge is 0.409 e. The number of carbonyl (C=O) groups is 1. The summed E-state index contributed by atoms with van der Waals surface area (Å²) < 4.78 is 22.2. The van der Waals surface area contributed by atoms with Gasteiger partial charge in [-0.25, -0.2) is 4.79 Å². The van der Waals surface area contributed by atoms with E-state index in [-0.39, 0.29) is 12.0 Å². The quantitative estimate of drug-likeness (QED) is 0.406. The molecule has 0 saturated carbocycles. The molecule has 0 radical (unpaired) electrons. The van der Waals surface area contributed by atoms with Crippen molar-refractivity contribution in [2.45, 2.75) is 5.92 Å². The van der Waals surface area contributed by atoms with Crippen LogP contribution in [0.4, 0.5) is 4.79 Å². The van der Waals surface area contributed by atoms with E-state index >= 15 is 0 Å². The highest BCUT2D eigenvalue weighted by Gasteiger charge is 2.29. The van der Waals surface area contributed by atoms with Gasteiger partial charge in [-0.3, -0.25) is 0 Å². The Labute approximate surface area is 197 Å². The molecule has 3 rings (SSSR count). The average Bonchev–Trinajstić information content (AvgIpc) is 3.14. The molecule has 2 aromatic carbocycles. The van der Waals surface area contributed by atoms with Gasteiger partial charge in [0.15, 0.2) is 0 Å². The van der Waals surface area contributed by atoms with E-state index in [1.165, 1.54) is 22.3 Å². The van der Waals surface area contributed by atoms with Crippen LogP contribution in [-0.2, 0) is 18.9 Å². The van der Waals surface area contributed by atoms with Crippen LogP contribution < -0.4 is 0 Å². The number of fused-ring (bicyclic) bond motifs is 3. The fraction of sp³-hybridized carbons (Fsp3) is 0.500.